The largest absolute Gasteiger partial charge is 0.529 e. The second-order valence-electron chi connectivity index (χ2n) is 8.07. The smallest absolute Gasteiger partial charge is 0.370 e. The van der Waals surface area contributed by atoms with E-state index >= 15 is 0 Å². The summed E-state index contributed by atoms with van der Waals surface area (Å²) < 4.78 is 19.3. The van der Waals surface area contributed by atoms with Crippen LogP contribution in [0.5, 0.6) is 0 Å². The molecule has 0 aromatic heterocycles. The molecule has 0 heterocycles. The van der Waals surface area contributed by atoms with E-state index in [-0.39, 0.29) is 0 Å². The van der Waals surface area contributed by atoms with Crippen molar-refractivity contribution in [2.45, 2.75) is 97.8 Å². The van der Waals surface area contributed by atoms with E-state index in [1.54, 1.807) is 0 Å². The molecule has 0 unspecified atom stereocenters. The number of hydrogen-bond acceptors (Lipinski definition) is 3. The number of benzene rings is 1. The highest BCUT2D eigenvalue weighted by molar-refractivity contribution is 6.67. The first-order chi connectivity index (χ1) is 14.8. The van der Waals surface area contributed by atoms with Crippen LogP contribution in [0.2, 0.25) is 0 Å². The maximum atomic E-state index is 6.42. The summed E-state index contributed by atoms with van der Waals surface area (Å²) in [5.74, 6) is 0. The van der Waals surface area contributed by atoms with Crippen LogP contribution < -0.4 is 0 Å². The molecule has 3 nitrogen and oxygen atoms in total. The van der Waals surface area contributed by atoms with Crippen LogP contribution >= 0.6 is 0 Å². The van der Waals surface area contributed by atoms with Crippen molar-refractivity contribution >= 4 is 14.9 Å². The van der Waals surface area contributed by atoms with Crippen molar-refractivity contribution in [3.05, 3.63) is 41.6 Å². The van der Waals surface area contributed by atoms with Gasteiger partial charge in [-0.25, -0.2) is 0 Å². The second kappa shape index (κ2) is 18.8. The van der Waals surface area contributed by atoms with Gasteiger partial charge in [-0.2, -0.15) is 0 Å². The Hall–Kier alpha value is -0.943. The first-order valence-corrected chi connectivity index (χ1v) is 14.2. The van der Waals surface area contributed by atoms with Gasteiger partial charge in [-0.3, -0.25) is 0 Å². The summed E-state index contributed by atoms with van der Waals surface area (Å²) in [4.78, 5) is 0. The minimum atomic E-state index is -2.84. The quantitative estimate of drug-likeness (QED) is 0.154. The minimum Gasteiger partial charge on any atom is -0.370 e. The zero-order valence-corrected chi connectivity index (χ0v) is 20.9. The van der Waals surface area contributed by atoms with Gasteiger partial charge in [0.05, 0.1) is 0 Å². The Morgan fingerprint density at radius 1 is 0.600 bits per heavy atom. The maximum absolute atomic E-state index is 6.42. The fourth-order valence-corrected chi connectivity index (χ4v) is 5.48. The van der Waals surface area contributed by atoms with Gasteiger partial charge in [0, 0.05) is 19.8 Å². The lowest BCUT2D eigenvalue weighted by Gasteiger charge is -2.27. The number of rotatable bonds is 20. The molecule has 0 fully saturated rings. The molecule has 0 aliphatic heterocycles. The zero-order chi connectivity index (χ0) is 21.8. The average Bonchev–Trinajstić information content (AvgIpc) is 2.78. The SMILES string of the molecule is CCCCCCO[Si](C=Cc1ccccc1)(OCCCCCC)OCCCCCC. The van der Waals surface area contributed by atoms with E-state index in [9.17, 15) is 0 Å². The van der Waals surface area contributed by atoms with E-state index in [0.29, 0.717) is 0 Å². The zero-order valence-electron chi connectivity index (χ0n) is 19.9. The van der Waals surface area contributed by atoms with E-state index in [0.717, 1.165) is 44.6 Å². The Labute approximate surface area is 187 Å². The lowest BCUT2D eigenvalue weighted by Crippen LogP contribution is -2.45. The highest BCUT2D eigenvalue weighted by Crippen LogP contribution is 2.18. The molecule has 0 spiro atoms. The average molecular weight is 435 g/mol. The van der Waals surface area contributed by atoms with E-state index < -0.39 is 8.80 Å². The molecule has 0 N–H and O–H groups in total. The van der Waals surface area contributed by atoms with Crippen LogP contribution in [0.4, 0.5) is 0 Å². The Kier molecular flexibility index (Phi) is 17.0. The number of unbranched alkanes of at least 4 members (excludes halogenated alkanes) is 9. The first kappa shape index (κ1) is 27.1. The molecule has 0 saturated carbocycles. The maximum Gasteiger partial charge on any atom is 0.529 e. The molecule has 1 rings (SSSR count). The van der Waals surface area contributed by atoms with Crippen molar-refractivity contribution in [2.75, 3.05) is 19.8 Å². The molecule has 0 aliphatic rings. The molecular formula is C26H46O3Si. The Morgan fingerprint density at radius 3 is 1.43 bits per heavy atom. The third kappa shape index (κ3) is 13.4. The molecule has 0 amide bonds. The lowest BCUT2D eigenvalue weighted by molar-refractivity contribution is 0.0676. The molecule has 0 atom stereocenters. The van der Waals surface area contributed by atoms with Crippen LogP contribution in [0.3, 0.4) is 0 Å². The standard InChI is InChI=1S/C26H46O3Si/c1-4-7-10-16-22-27-30(28-23-17-11-8-5-2,29-24-18-12-9-6-3)25-21-26-19-14-13-15-20-26/h13-15,19-21,25H,4-12,16-18,22-24H2,1-3H3. The summed E-state index contributed by atoms with van der Waals surface area (Å²) in [5.41, 5.74) is 3.27. The molecule has 1 aromatic carbocycles. The Morgan fingerprint density at radius 2 is 1.03 bits per heavy atom. The molecule has 4 heteroatoms. The van der Waals surface area contributed by atoms with Crippen molar-refractivity contribution < 1.29 is 13.3 Å². The van der Waals surface area contributed by atoms with Gasteiger partial charge in [-0.05, 0) is 30.5 Å². The highest BCUT2D eigenvalue weighted by Gasteiger charge is 2.38. The lowest BCUT2D eigenvalue weighted by atomic mass is 10.2. The van der Waals surface area contributed by atoms with Gasteiger partial charge in [0.15, 0.2) is 0 Å². The molecule has 30 heavy (non-hydrogen) atoms. The Bertz CT molecular complexity index is 482. The molecule has 172 valence electrons. The summed E-state index contributed by atoms with van der Waals surface area (Å²) in [7, 11) is -2.84. The van der Waals surface area contributed by atoms with Gasteiger partial charge in [0.2, 0.25) is 0 Å². The monoisotopic (exact) mass is 434 g/mol. The third-order valence-corrected chi connectivity index (χ3v) is 7.58. The predicted octanol–water partition coefficient (Wildman–Crippen LogP) is 7.97. The van der Waals surface area contributed by atoms with Crippen LogP contribution in [-0.4, -0.2) is 28.6 Å². The van der Waals surface area contributed by atoms with Crippen molar-refractivity contribution in [1.29, 1.82) is 0 Å². The van der Waals surface area contributed by atoms with Gasteiger partial charge in [-0.15, -0.1) is 0 Å². The normalized spacial score (nSPS) is 12.1. The molecular weight excluding hydrogens is 388 g/mol. The fraction of sp³-hybridized carbons (Fsp3) is 0.692. The molecule has 0 radical (unpaired) electrons. The van der Waals surface area contributed by atoms with E-state index in [4.69, 9.17) is 13.3 Å². The molecule has 0 aliphatic carbocycles. The van der Waals surface area contributed by atoms with E-state index in [1.807, 2.05) is 6.07 Å². The van der Waals surface area contributed by atoms with Gasteiger partial charge >= 0.3 is 8.80 Å². The first-order valence-electron chi connectivity index (χ1n) is 12.4. The summed E-state index contributed by atoms with van der Waals surface area (Å²) in [6, 6.07) is 10.4. The molecule has 0 saturated heterocycles. The van der Waals surface area contributed by atoms with Crippen molar-refractivity contribution in [3.8, 4) is 0 Å². The van der Waals surface area contributed by atoms with Gasteiger partial charge in [0.25, 0.3) is 0 Å². The third-order valence-electron chi connectivity index (χ3n) is 5.18. The number of hydrogen-bond donors (Lipinski definition) is 0. The van der Waals surface area contributed by atoms with Crippen molar-refractivity contribution in [1.82, 2.24) is 0 Å². The highest BCUT2D eigenvalue weighted by atomic mass is 28.4. The summed E-state index contributed by atoms with van der Waals surface area (Å²) in [5, 5.41) is 0. The predicted molar refractivity (Wildman–Crippen MR) is 132 cm³/mol. The molecule has 0 bridgehead atoms. The van der Waals surface area contributed by atoms with Crippen molar-refractivity contribution in [2.24, 2.45) is 0 Å². The van der Waals surface area contributed by atoms with Crippen LogP contribution in [0, 0.1) is 0 Å². The van der Waals surface area contributed by atoms with Crippen LogP contribution in [-0.2, 0) is 13.3 Å². The fourth-order valence-electron chi connectivity index (χ4n) is 3.26. The van der Waals surface area contributed by atoms with Crippen LogP contribution in [0.25, 0.3) is 6.08 Å². The van der Waals surface area contributed by atoms with Gasteiger partial charge < -0.3 is 13.3 Å². The Balaban J connectivity index is 2.80. The van der Waals surface area contributed by atoms with Crippen molar-refractivity contribution in [3.63, 3.8) is 0 Å². The van der Waals surface area contributed by atoms with E-state index in [1.165, 1.54) is 57.8 Å². The van der Waals surface area contributed by atoms with Crippen LogP contribution in [0.15, 0.2) is 36.0 Å². The van der Waals surface area contributed by atoms with Gasteiger partial charge in [-0.1, -0.05) is 115 Å². The second-order valence-corrected chi connectivity index (χ2v) is 10.5. The van der Waals surface area contributed by atoms with Crippen LogP contribution in [0.1, 0.15) is 103 Å². The summed E-state index contributed by atoms with van der Waals surface area (Å²) in [6.07, 6.45) is 16.4. The minimum absolute atomic E-state index is 0.718. The summed E-state index contributed by atoms with van der Waals surface area (Å²) >= 11 is 0. The van der Waals surface area contributed by atoms with Gasteiger partial charge in [0.1, 0.15) is 0 Å². The topological polar surface area (TPSA) is 27.7 Å². The summed E-state index contributed by atoms with van der Waals surface area (Å²) in [6.45, 7) is 8.86. The molecule has 1 aromatic rings. The van der Waals surface area contributed by atoms with E-state index in [2.05, 4.69) is 56.8 Å².